The van der Waals surface area contributed by atoms with Crippen molar-refractivity contribution in [2.75, 3.05) is 32.4 Å². The standard InChI is InChI=1S/C22H28FN3O3S/c1-17-15-26(16-21(29-17)18-9-11-19(23)12-10-18)22(24-2)25-13-6-14-30(27,28)20-7-4-3-5-8-20/h3-5,7-12,17,21H,6,13-16H2,1-2H3,(H,24,25). The molecular formula is C22H28FN3O3S. The van der Waals surface area contributed by atoms with Crippen LogP contribution in [0, 0.1) is 5.82 Å². The zero-order valence-corrected chi connectivity index (χ0v) is 18.1. The predicted molar refractivity (Wildman–Crippen MR) is 116 cm³/mol. The normalized spacial score (nSPS) is 20.2. The maximum atomic E-state index is 13.2. The van der Waals surface area contributed by atoms with E-state index >= 15 is 0 Å². The van der Waals surface area contributed by atoms with Crippen LogP contribution in [-0.4, -0.2) is 57.8 Å². The highest BCUT2D eigenvalue weighted by Gasteiger charge is 2.28. The third-order valence-electron chi connectivity index (χ3n) is 4.99. The molecule has 1 saturated heterocycles. The van der Waals surface area contributed by atoms with Crippen molar-refractivity contribution >= 4 is 15.8 Å². The van der Waals surface area contributed by atoms with Gasteiger partial charge in [0.1, 0.15) is 11.9 Å². The quantitative estimate of drug-likeness (QED) is 0.431. The Morgan fingerprint density at radius 3 is 2.53 bits per heavy atom. The van der Waals surface area contributed by atoms with E-state index in [9.17, 15) is 12.8 Å². The summed E-state index contributed by atoms with van der Waals surface area (Å²) in [5.41, 5.74) is 0.914. The Morgan fingerprint density at radius 2 is 1.87 bits per heavy atom. The summed E-state index contributed by atoms with van der Waals surface area (Å²) in [4.78, 5) is 6.78. The molecule has 3 rings (SSSR count). The van der Waals surface area contributed by atoms with Crippen molar-refractivity contribution in [1.82, 2.24) is 10.2 Å². The molecule has 0 spiro atoms. The highest BCUT2D eigenvalue weighted by Crippen LogP contribution is 2.25. The zero-order valence-electron chi connectivity index (χ0n) is 17.3. The minimum absolute atomic E-state index is 0.0224. The molecule has 1 fully saturated rings. The van der Waals surface area contributed by atoms with E-state index in [-0.39, 0.29) is 23.8 Å². The fourth-order valence-corrected chi connectivity index (χ4v) is 4.86. The molecule has 0 saturated carbocycles. The number of nitrogens with zero attached hydrogens (tertiary/aromatic N) is 2. The van der Waals surface area contributed by atoms with Crippen molar-refractivity contribution in [3.05, 3.63) is 66.0 Å². The molecule has 0 aliphatic carbocycles. The molecule has 0 aromatic heterocycles. The molecule has 2 unspecified atom stereocenters. The van der Waals surface area contributed by atoms with E-state index in [1.807, 2.05) is 6.92 Å². The number of hydrogen-bond acceptors (Lipinski definition) is 4. The fourth-order valence-electron chi connectivity index (χ4n) is 3.53. The maximum absolute atomic E-state index is 13.2. The van der Waals surface area contributed by atoms with Gasteiger partial charge in [0.05, 0.1) is 23.3 Å². The summed E-state index contributed by atoms with van der Waals surface area (Å²) in [6.45, 7) is 3.73. The molecule has 0 radical (unpaired) electrons. The molecule has 2 aromatic rings. The van der Waals surface area contributed by atoms with Crippen LogP contribution in [0.4, 0.5) is 4.39 Å². The van der Waals surface area contributed by atoms with Crippen LogP contribution in [-0.2, 0) is 14.6 Å². The van der Waals surface area contributed by atoms with Gasteiger partial charge in [-0.2, -0.15) is 0 Å². The highest BCUT2D eigenvalue weighted by molar-refractivity contribution is 7.91. The summed E-state index contributed by atoms with van der Waals surface area (Å²) in [6.07, 6.45) is 0.259. The van der Waals surface area contributed by atoms with E-state index in [0.717, 1.165) is 5.56 Å². The first-order valence-corrected chi connectivity index (χ1v) is 11.7. The van der Waals surface area contributed by atoms with Crippen LogP contribution in [0.25, 0.3) is 0 Å². The number of halogens is 1. The highest BCUT2D eigenvalue weighted by atomic mass is 32.2. The van der Waals surface area contributed by atoms with Gasteiger partial charge in [-0.3, -0.25) is 4.99 Å². The maximum Gasteiger partial charge on any atom is 0.193 e. The number of guanidine groups is 1. The van der Waals surface area contributed by atoms with Gasteiger partial charge in [-0.25, -0.2) is 12.8 Å². The molecule has 1 N–H and O–H groups in total. The Kier molecular flexibility index (Phi) is 7.44. The van der Waals surface area contributed by atoms with Crippen LogP contribution in [0.15, 0.2) is 64.5 Å². The summed E-state index contributed by atoms with van der Waals surface area (Å²) in [7, 11) is -1.59. The van der Waals surface area contributed by atoms with E-state index in [2.05, 4.69) is 15.2 Å². The van der Waals surface area contributed by atoms with E-state index in [1.54, 1.807) is 49.5 Å². The van der Waals surface area contributed by atoms with Gasteiger partial charge in [0, 0.05) is 20.1 Å². The van der Waals surface area contributed by atoms with Crippen molar-refractivity contribution < 1.29 is 17.5 Å². The number of rotatable bonds is 6. The molecule has 2 atom stereocenters. The van der Waals surface area contributed by atoms with Crippen molar-refractivity contribution in [3.63, 3.8) is 0 Å². The molecule has 6 nitrogen and oxygen atoms in total. The Bertz CT molecular complexity index is 949. The molecule has 1 aliphatic heterocycles. The minimum atomic E-state index is -3.29. The summed E-state index contributed by atoms with van der Waals surface area (Å²) >= 11 is 0. The van der Waals surface area contributed by atoms with E-state index in [1.165, 1.54) is 12.1 Å². The molecule has 1 aliphatic rings. The number of morpholine rings is 1. The van der Waals surface area contributed by atoms with E-state index in [0.29, 0.717) is 36.9 Å². The van der Waals surface area contributed by atoms with Crippen LogP contribution in [0.3, 0.4) is 0 Å². The molecule has 1 heterocycles. The van der Waals surface area contributed by atoms with Gasteiger partial charge in [-0.15, -0.1) is 0 Å². The lowest BCUT2D eigenvalue weighted by molar-refractivity contribution is -0.0604. The molecule has 0 bridgehead atoms. The van der Waals surface area contributed by atoms with Crippen molar-refractivity contribution in [2.45, 2.75) is 30.4 Å². The lowest BCUT2D eigenvalue weighted by Gasteiger charge is -2.38. The largest absolute Gasteiger partial charge is 0.367 e. The van der Waals surface area contributed by atoms with Crippen LogP contribution < -0.4 is 5.32 Å². The number of hydrogen-bond donors (Lipinski definition) is 1. The second-order valence-electron chi connectivity index (χ2n) is 7.35. The van der Waals surface area contributed by atoms with Crippen LogP contribution in [0.1, 0.15) is 25.0 Å². The average Bonchev–Trinajstić information content (AvgIpc) is 2.74. The molecule has 30 heavy (non-hydrogen) atoms. The first-order chi connectivity index (χ1) is 14.4. The van der Waals surface area contributed by atoms with Crippen molar-refractivity contribution in [3.8, 4) is 0 Å². The molecule has 162 valence electrons. The smallest absolute Gasteiger partial charge is 0.193 e. The summed E-state index contributed by atoms with van der Waals surface area (Å²) in [5, 5.41) is 3.26. The Labute approximate surface area is 177 Å². The number of sulfone groups is 1. The molecule has 8 heteroatoms. The summed E-state index contributed by atoms with van der Waals surface area (Å²) in [5.74, 6) is 0.496. The Balaban J connectivity index is 1.55. The summed E-state index contributed by atoms with van der Waals surface area (Å²) < 4.78 is 44.1. The lowest BCUT2D eigenvalue weighted by atomic mass is 10.1. The average molecular weight is 434 g/mol. The van der Waals surface area contributed by atoms with Gasteiger partial charge in [0.15, 0.2) is 15.8 Å². The molecule has 0 amide bonds. The van der Waals surface area contributed by atoms with Crippen LogP contribution in [0.2, 0.25) is 0 Å². The number of benzene rings is 2. The molecular weight excluding hydrogens is 405 g/mol. The zero-order chi connectivity index (χ0) is 21.6. The Morgan fingerprint density at radius 1 is 1.17 bits per heavy atom. The number of ether oxygens (including phenoxy) is 1. The lowest BCUT2D eigenvalue weighted by Crippen LogP contribution is -2.51. The SMILES string of the molecule is CN=C(NCCCS(=O)(=O)c1ccccc1)N1CC(C)OC(c2ccc(F)cc2)C1. The number of aliphatic imine (C=N–C) groups is 1. The summed E-state index contributed by atoms with van der Waals surface area (Å²) in [6, 6.07) is 14.8. The van der Waals surface area contributed by atoms with Gasteiger partial charge in [0.2, 0.25) is 0 Å². The topological polar surface area (TPSA) is 71.0 Å². The third kappa shape index (κ3) is 5.79. The van der Waals surface area contributed by atoms with E-state index in [4.69, 9.17) is 4.74 Å². The third-order valence-corrected chi connectivity index (χ3v) is 6.81. The van der Waals surface area contributed by atoms with Crippen molar-refractivity contribution in [2.24, 2.45) is 4.99 Å². The van der Waals surface area contributed by atoms with Gasteiger partial charge in [-0.1, -0.05) is 30.3 Å². The molecule has 2 aromatic carbocycles. The minimum Gasteiger partial charge on any atom is -0.367 e. The van der Waals surface area contributed by atoms with Gasteiger partial charge in [-0.05, 0) is 43.2 Å². The first-order valence-electron chi connectivity index (χ1n) is 10.0. The Hall–Kier alpha value is -2.45. The second kappa shape index (κ2) is 10.0. The van der Waals surface area contributed by atoms with Gasteiger partial charge in [0.25, 0.3) is 0 Å². The number of nitrogens with one attached hydrogen (secondary N) is 1. The predicted octanol–water partition coefficient (Wildman–Crippen LogP) is 3.03. The monoisotopic (exact) mass is 433 g/mol. The van der Waals surface area contributed by atoms with Gasteiger partial charge >= 0.3 is 0 Å². The fraction of sp³-hybridized carbons (Fsp3) is 0.409. The first kappa shape index (κ1) is 22.2. The van der Waals surface area contributed by atoms with E-state index < -0.39 is 9.84 Å². The van der Waals surface area contributed by atoms with Gasteiger partial charge < -0.3 is 15.0 Å². The van der Waals surface area contributed by atoms with Crippen LogP contribution in [0.5, 0.6) is 0 Å². The second-order valence-corrected chi connectivity index (χ2v) is 9.46. The van der Waals surface area contributed by atoms with Crippen molar-refractivity contribution in [1.29, 1.82) is 0 Å². The van der Waals surface area contributed by atoms with Crippen LogP contribution >= 0.6 is 0 Å².